The Balaban J connectivity index is 2.38. The van der Waals surface area contributed by atoms with Gasteiger partial charge in [0, 0.05) is 22.9 Å². The molecule has 0 bridgehead atoms. The number of thiazole rings is 1. The second kappa shape index (κ2) is 4.94. The molecule has 0 fully saturated rings. The van der Waals surface area contributed by atoms with Crippen LogP contribution in [0.2, 0.25) is 0 Å². The van der Waals surface area contributed by atoms with Crippen molar-refractivity contribution >= 4 is 17.1 Å². The van der Waals surface area contributed by atoms with Crippen LogP contribution in [0.4, 0.5) is 8.78 Å². The summed E-state index contributed by atoms with van der Waals surface area (Å²) in [4.78, 5) is 15.8. The quantitative estimate of drug-likeness (QED) is 0.789. The van der Waals surface area contributed by atoms with Crippen LogP contribution in [0.5, 0.6) is 0 Å². The number of carbonyl (C=O) groups excluding carboxylic acids is 1. The molecular formula is C13H11F2NOS. The molecule has 1 aromatic carbocycles. The van der Waals surface area contributed by atoms with Crippen LogP contribution in [0.25, 0.3) is 10.6 Å². The zero-order valence-electron chi connectivity index (χ0n) is 9.91. The van der Waals surface area contributed by atoms with Crippen LogP contribution in [0.1, 0.15) is 24.3 Å². The number of hydrogen-bond acceptors (Lipinski definition) is 3. The largest absolute Gasteiger partial charge is 0.292 e. The maximum atomic E-state index is 13.1. The first-order chi connectivity index (χ1) is 8.47. The first kappa shape index (κ1) is 12.8. The fourth-order valence-corrected chi connectivity index (χ4v) is 2.29. The Morgan fingerprint density at radius 1 is 1.22 bits per heavy atom. The predicted molar refractivity (Wildman–Crippen MR) is 66.6 cm³/mol. The molecule has 2 aromatic rings. The highest BCUT2D eigenvalue weighted by Gasteiger charge is 2.15. The highest BCUT2D eigenvalue weighted by molar-refractivity contribution is 7.13. The van der Waals surface area contributed by atoms with Gasteiger partial charge in [0.2, 0.25) is 0 Å². The molecule has 5 heteroatoms. The second-order valence-electron chi connectivity index (χ2n) is 4.21. The maximum absolute atomic E-state index is 13.1. The molecule has 2 nitrogen and oxygen atoms in total. The van der Waals surface area contributed by atoms with Gasteiger partial charge in [-0.2, -0.15) is 0 Å². The molecule has 2 rings (SSSR count). The van der Waals surface area contributed by atoms with Crippen molar-refractivity contribution in [1.29, 1.82) is 0 Å². The van der Waals surface area contributed by atoms with E-state index in [1.165, 1.54) is 23.5 Å². The predicted octanol–water partition coefficient (Wildman–Crippen LogP) is 3.93. The van der Waals surface area contributed by atoms with Gasteiger partial charge >= 0.3 is 0 Å². The molecule has 1 aromatic heterocycles. The number of rotatable bonds is 3. The van der Waals surface area contributed by atoms with Gasteiger partial charge < -0.3 is 0 Å². The molecule has 0 aliphatic rings. The van der Waals surface area contributed by atoms with Gasteiger partial charge in [-0.3, -0.25) is 4.79 Å². The molecule has 0 spiro atoms. The van der Waals surface area contributed by atoms with Crippen molar-refractivity contribution in [3.05, 3.63) is 40.9 Å². The van der Waals surface area contributed by atoms with Crippen LogP contribution in [0.3, 0.4) is 0 Å². The zero-order valence-corrected chi connectivity index (χ0v) is 10.7. The van der Waals surface area contributed by atoms with E-state index >= 15 is 0 Å². The monoisotopic (exact) mass is 267 g/mol. The first-order valence-corrected chi connectivity index (χ1v) is 6.31. The first-order valence-electron chi connectivity index (χ1n) is 5.43. The number of hydrogen-bond donors (Lipinski definition) is 0. The Kier molecular flexibility index (Phi) is 3.52. The van der Waals surface area contributed by atoms with Gasteiger partial charge in [-0.1, -0.05) is 13.8 Å². The molecule has 0 aliphatic carbocycles. The minimum atomic E-state index is -0.656. The van der Waals surface area contributed by atoms with Crippen molar-refractivity contribution in [1.82, 2.24) is 4.98 Å². The van der Waals surface area contributed by atoms with Crippen LogP contribution in [0, 0.1) is 17.6 Å². The molecule has 0 aliphatic heterocycles. The summed E-state index contributed by atoms with van der Waals surface area (Å²) in [5.74, 6) is -1.53. The van der Waals surface area contributed by atoms with Crippen molar-refractivity contribution < 1.29 is 13.6 Å². The van der Waals surface area contributed by atoms with Gasteiger partial charge in [0.25, 0.3) is 0 Å². The molecule has 0 radical (unpaired) electrons. The van der Waals surface area contributed by atoms with E-state index in [9.17, 15) is 13.6 Å². The van der Waals surface area contributed by atoms with Crippen molar-refractivity contribution in [2.75, 3.05) is 0 Å². The highest BCUT2D eigenvalue weighted by Crippen LogP contribution is 2.26. The van der Waals surface area contributed by atoms with E-state index in [0.29, 0.717) is 16.3 Å². The van der Waals surface area contributed by atoms with E-state index in [1.54, 1.807) is 19.2 Å². The summed E-state index contributed by atoms with van der Waals surface area (Å²) in [6.45, 7) is 3.56. The second-order valence-corrected chi connectivity index (χ2v) is 5.07. The van der Waals surface area contributed by atoms with Gasteiger partial charge in [-0.25, -0.2) is 13.8 Å². The van der Waals surface area contributed by atoms with Crippen molar-refractivity contribution in [3.63, 3.8) is 0 Å². The molecule has 1 heterocycles. The van der Waals surface area contributed by atoms with E-state index in [2.05, 4.69) is 4.98 Å². The van der Waals surface area contributed by atoms with Gasteiger partial charge in [0.05, 0.1) is 0 Å². The summed E-state index contributed by atoms with van der Waals surface area (Å²) in [7, 11) is 0. The number of aromatic nitrogens is 1. The van der Waals surface area contributed by atoms with Crippen LogP contribution >= 0.6 is 11.3 Å². The van der Waals surface area contributed by atoms with Crippen LogP contribution in [-0.4, -0.2) is 10.8 Å². The van der Waals surface area contributed by atoms with Crippen molar-refractivity contribution in [2.24, 2.45) is 5.92 Å². The number of Topliss-reactive ketones (excluding diaryl/α,β-unsaturated/α-hetero) is 1. The summed E-state index contributed by atoms with van der Waals surface area (Å²) in [6, 6.07) is 3.20. The van der Waals surface area contributed by atoms with E-state index < -0.39 is 11.6 Å². The smallest absolute Gasteiger partial charge is 0.184 e. The fourth-order valence-electron chi connectivity index (χ4n) is 1.49. The Labute approximate surface area is 107 Å². The number of carbonyl (C=O) groups is 1. The van der Waals surface area contributed by atoms with Crippen LogP contribution in [0.15, 0.2) is 23.6 Å². The minimum Gasteiger partial charge on any atom is -0.292 e. The third kappa shape index (κ3) is 2.61. The van der Waals surface area contributed by atoms with E-state index in [1.807, 2.05) is 0 Å². The summed E-state index contributed by atoms with van der Waals surface area (Å²) in [6.07, 6.45) is 0. The Hall–Kier alpha value is -1.62. The molecular weight excluding hydrogens is 256 g/mol. The average molecular weight is 267 g/mol. The van der Waals surface area contributed by atoms with Crippen molar-refractivity contribution in [2.45, 2.75) is 13.8 Å². The highest BCUT2D eigenvalue weighted by atomic mass is 32.1. The topological polar surface area (TPSA) is 30.0 Å². The summed E-state index contributed by atoms with van der Waals surface area (Å²) < 4.78 is 26.2. The molecule has 0 saturated heterocycles. The number of nitrogens with zero attached hydrogens (tertiary/aromatic N) is 1. The van der Waals surface area contributed by atoms with E-state index in [4.69, 9.17) is 0 Å². The lowest BCUT2D eigenvalue weighted by Crippen LogP contribution is -2.07. The molecule has 0 N–H and O–H groups in total. The van der Waals surface area contributed by atoms with Gasteiger partial charge in [0.1, 0.15) is 22.3 Å². The molecule has 0 atom stereocenters. The van der Waals surface area contributed by atoms with Gasteiger partial charge in [-0.05, 0) is 12.1 Å². The molecule has 18 heavy (non-hydrogen) atoms. The minimum absolute atomic E-state index is 0.0747. The molecule has 0 saturated carbocycles. The fraction of sp³-hybridized carbons (Fsp3) is 0.231. The van der Waals surface area contributed by atoms with Gasteiger partial charge in [-0.15, -0.1) is 11.3 Å². The average Bonchev–Trinajstić information content (AvgIpc) is 2.75. The maximum Gasteiger partial charge on any atom is 0.184 e. The number of ketones is 1. The summed E-state index contributed by atoms with van der Waals surface area (Å²) in [5, 5.41) is 2.05. The molecule has 0 amide bonds. The Morgan fingerprint density at radius 3 is 2.39 bits per heavy atom. The van der Waals surface area contributed by atoms with Crippen molar-refractivity contribution in [3.8, 4) is 10.6 Å². The zero-order chi connectivity index (χ0) is 13.3. The van der Waals surface area contributed by atoms with Crippen LogP contribution in [-0.2, 0) is 0 Å². The van der Waals surface area contributed by atoms with Gasteiger partial charge in [0.15, 0.2) is 5.78 Å². The normalized spacial score (nSPS) is 10.9. The van der Waals surface area contributed by atoms with Crippen LogP contribution < -0.4 is 0 Å². The molecule has 0 unspecified atom stereocenters. The lowest BCUT2D eigenvalue weighted by molar-refractivity contribution is 0.0935. The third-order valence-corrected chi connectivity index (χ3v) is 3.28. The summed E-state index contributed by atoms with van der Waals surface area (Å²) in [5.41, 5.74) is 0.690. The molecule has 94 valence electrons. The Bertz CT molecular complexity index is 572. The SMILES string of the molecule is CC(C)C(=O)c1csc(-c2cc(F)cc(F)c2)n1. The standard InChI is InChI=1S/C13H11F2NOS/c1-7(2)12(17)11-6-18-13(16-11)8-3-9(14)5-10(15)4-8/h3-7H,1-2H3. The third-order valence-electron chi connectivity index (χ3n) is 2.39. The number of halogens is 2. The number of benzene rings is 1. The lowest BCUT2D eigenvalue weighted by atomic mass is 10.1. The Morgan fingerprint density at radius 2 is 1.83 bits per heavy atom. The summed E-state index contributed by atoms with van der Waals surface area (Å²) >= 11 is 1.20. The lowest BCUT2D eigenvalue weighted by Gasteiger charge is -1.99. The van der Waals surface area contributed by atoms with E-state index in [0.717, 1.165) is 6.07 Å². The van der Waals surface area contributed by atoms with E-state index in [-0.39, 0.29) is 11.7 Å².